The van der Waals surface area contributed by atoms with Crippen molar-refractivity contribution >= 4 is 24.2 Å². The summed E-state index contributed by atoms with van der Waals surface area (Å²) in [6, 6.07) is 15.4. The zero-order valence-electron chi connectivity index (χ0n) is 26.9. The van der Waals surface area contributed by atoms with Crippen LogP contribution in [0.4, 0.5) is 8.78 Å². The van der Waals surface area contributed by atoms with Crippen molar-refractivity contribution in [1.29, 1.82) is 0 Å². The molecule has 0 aromatic heterocycles. The molecule has 0 bridgehead atoms. The van der Waals surface area contributed by atoms with Crippen molar-refractivity contribution in [1.82, 2.24) is 15.5 Å². The van der Waals surface area contributed by atoms with Gasteiger partial charge in [-0.2, -0.15) is 0 Å². The number of likely N-dealkylation sites (tertiary alicyclic amines) is 1. The molecule has 46 heavy (non-hydrogen) atoms. The summed E-state index contributed by atoms with van der Waals surface area (Å²) < 4.78 is 33.8. The van der Waals surface area contributed by atoms with Gasteiger partial charge in [-0.3, -0.25) is 9.59 Å². The van der Waals surface area contributed by atoms with Gasteiger partial charge < -0.3 is 25.4 Å². The molecule has 3 aromatic carbocycles. The molecular formula is C36H46ClF2N3O4. The Morgan fingerprint density at radius 1 is 1.00 bits per heavy atom. The van der Waals surface area contributed by atoms with E-state index in [0.29, 0.717) is 37.4 Å². The first-order valence-electron chi connectivity index (χ1n) is 15.9. The lowest BCUT2D eigenvalue weighted by Gasteiger charge is -2.26. The summed E-state index contributed by atoms with van der Waals surface area (Å²) in [4.78, 5) is 29.0. The molecule has 7 nitrogen and oxygen atoms in total. The molecule has 1 saturated heterocycles. The average Bonchev–Trinajstić information content (AvgIpc) is 3.48. The minimum absolute atomic E-state index is 0. The summed E-state index contributed by atoms with van der Waals surface area (Å²) in [6.45, 7) is 8.33. The lowest BCUT2D eigenvalue weighted by Crippen LogP contribution is -2.48. The van der Waals surface area contributed by atoms with Gasteiger partial charge in [-0.1, -0.05) is 38.1 Å². The summed E-state index contributed by atoms with van der Waals surface area (Å²) in [5.74, 6) is -2.12. The van der Waals surface area contributed by atoms with Crippen LogP contribution in [0, 0.1) is 18.6 Å². The largest absolute Gasteiger partial charge is 0.390 e. The van der Waals surface area contributed by atoms with Gasteiger partial charge in [-0.25, -0.2) is 8.78 Å². The fraction of sp³-hybridized carbons (Fsp3) is 0.444. The third-order valence-corrected chi connectivity index (χ3v) is 8.12. The van der Waals surface area contributed by atoms with Crippen LogP contribution in [0.5, 0.6) is 0 Å². The maximum Gasteiger partial charge on any atom is 0.254 e. The van der Waals surface area contributed by atoms with Crippen LogP contribution in [0.3, 0.4) is 0 Å². The molecule has 1 aliphatic rings. The van der Waals surface area contributed by atoms with Crippen LogP contribution in [0.25, 0.3) is 0 Å². The van der Waals surface area contributed by atoms with Crippen molar-refractivity contribution in [3.8, 4) is 0 Å². The van der Waals surface area contributed by atoms with Crippen LogP contribution in [0.15, 0.2) is 60.7 Å². The molecule has 3 N–H and O–H groups in total. The number of carbonyl (C=O) groups excluding carboxylic acids is 2. The maximum atomic E-state index is 14.0. The first-order chi connectivity index (χ1) is 21.7. The number of aliphatic hydroxyl groups is 1. The van der Waals surface area contributed by atoms with Crippen molar-refractivity contribution in [2.45, 2.75) is 77.6 Å². The highest BCUT2D eigenvalue weighted by Gasteiger charge is 2.30. The Morgan fingerprint density at radius 3 is 2.43 bits per heavy atom. The quantitative estimate of drug-likeness (QED) is 0.180. The molecule has 0 radical (unpaired) electrons. The van der Waals surface area contributed by atoms with Crippen molar-refractivity contribution in [3.63, 3.8) is 0 Å². The van der Waals surface area contributed by atoms with Crippen molar-refractivity contribution in [2.24, 2.45) is 0 Å². The Labute approximate surface area is 277 Å². The van der Waals surface area contributed by atoms with Gasteiger partial charge in [0.25, 0.3) is 11.8 Å². The Bertz CT molecular complexity index is 1440. The van der Waals surface area contributed by atoms with Crippen molar-refractivity contribution in [3.05, 3.63) is 106 Å². The van der Waals surface area contributed by atoms with Crippen molar-refractivity contribution < 1.29 is 28.2 Å². The second-order valence-corrected chi connectivity index (χ2v) is 11.9. The molecule has 10 heteroatoms. The number of hydrogen-bond donors (Lipinski definition) is 3. The predicted molar refractivity (Wildman–Crippen MR) is 178 cm³/mol. The minimum Gasteiger partial charge on any atom is -0.390 e. The van der Waals surface area contributed by atoms with Gasteiger partial charge in [0.15, 0.2) is 0 Å². The number of benzene rings is 3. The van der Waals surface area contributed by atoms with E-state index in [0.717, 1.165) is 42.9 Å². The van der Waals surface area contributed by atoms with E-state index in [-0.39, 0.29) is 42.9 Å². The van der Waals surface area contributed by atoms with E-state index in [9.17, 15) is 23.5 Å². The van der Waals surface area contributed by atoms with E-state index in [1.807, 2.05) is 30.9 Å². The number of aliphatic hydroxyl groups excluding tert-OH is 1. The van der Waals surface area contributed by atoms with Crippen molar-refractivity contribution in [2.75, 3.05) is 26.3 Å². The van der Waals surface area contributed by atoms with Crippen LogP contribution in [-0.2, 0) is 24.1 Å². The van der Waals surface area contributed by atoms with E-state index in [1.165, 1.54) is 17.7 Å². The fourth-order valence-electron chi connectivity index (χ4n) is 5.83. The highest BCUT2D eigenvalue weighted by Crippen LogP contribution is 2.22. The Balaban J connectivity index is 0.00000576. The number of nitrogens with zero attached hydrogens (tertiary/aromatic N) is 1. The van der Waals surface area contributed by atoms with Gasteiger partial charge in [0.1, 0.15) is 11.6 Å². The van der Waals surface area contributed by atoms with Gasteiger partial charge in [-0.05, 0) is 91.6 Å². The standard InChI is InChI=1S/C36H45F2N3O4.ClH/c1-4-12-45-23-32-10-7-11-41(32)36(44)29-14-24(3)13-28(19-29)35(43)40-33(18-27-16-30(37)20-31(38)17-27)34(42)22-39-21-26-9-6-8-25(5-2)15-26;/h6,8-9,13-17,19-20,32-34,39,42H,4-5,7,10-12,18,21-23H2,1-3H3,(H,40,43);1H/t32-,33+,34-;/m1./s1. The van der Waals surface area contributed by atoms with E-state index in [1.54, 1.807) is 18.2 Å². The second-order valence-electron chi connectivity index (χ2n) is 11.9. The van der Waals surface area contributed by atoms with Gasteiger partial charge in [0.05, 0.1) is 24.8 Å². The number of amides is 2. The zero-order chi connectivity index (χ0) is 32.3. The Kier molecular flexibility index (Phi) is 14.6. The molecule has 3 aromatic rings. The number of rotatable bonds is 15. The van der Waals surface area contributed by atoms with E-state index < -0.39 is 29.7 Å². The molecular weight excluding hydrogens is 612 g/mol. The molecule has 0 aliphatic carbocycles. The summed E-state index contributed by atoms with van der Waals surface area (Å²) in [5, 5.41) is 17.3. The lowest BCUT2D eigenvalue weighted by molar-refractivity contribution is 0.0540. The van der Waals surface area contributed by atoms with Gasteiger partial charge >= 0.3 is 0 Å². The highest BCUT2D eigenvalue weighted by atomic mass is 35.5. The van der Waals surface area contributed by atoms with Crippen LogP contribution in [0.1, 0.15) is 76.1 Å². The minimum atomic E-state index is -1.07. The first kappa shape index (κ1) is 37.1. The number of halogens is 3. The second kappa shape index (κ2) is 18.1. The fourth-order valence-corrected chi connectivity index (χ4v) is 5.83. The lowest BCUT2D eigenvalue weighted by atomic mass is 9.99. The molecule has 2 amide bonds. The highest BCUT2D eigenvalue weighted by molar-refractivity contribution is 6.00. The number of aryl methyl sites for hydroxylation is 2. The molecule has 1 aliphatic heterocycles. The molecule has 1 heterocycles. The molecule has 250 valence electrons. The molecule has 4 rings (SSSR count). The van der Waals surface area contributed by atoms with Gasteiger partial charge in [0.2, 0.25) is 0 Å². The topological polar surface area (TPSA) is 90.9 Å². The summed E-state index contributed by atoms with van der Waals surface area (Å²) in [7, 11) is 0. The predicted octanol–water partition coefficient (Wildman–Crippen LogP) is 5.78. The normalized spacial score (nSPS) is 15.7. The summed E-state index contributed by atoms with van der Waals surface area (Å²) in [5.41, 5.74) is 3.98. The van der Waals surface area contributed by atoms with Crippen LogP contribution >= 0.6 is 12.4 Å². The third-order valence-electron chi connectivity index (χ3n) is 8.12. The number of hydrogen-bond acceptors (Lipinski definition) is 5. The van der Waals surface area contributed by atoms with Crippen LogP contribution in [0.2, 0.25) is 0 Å². The smallest absolute Gasteiger partial charge is 0.254 e. The van der Waals surface area contributed by atoms with E-state index in [2.05, 4.69) is 29.7 Å². The number of carbonyl (C=O) groups is 2. The molecule has 1 fully saturated rings. The third kappa shape index (κ3) is 10.6. The van der Waals surface area contributed by atoms with E-state index in [4.69, 9.17) is 4.74 Å². The van der Waals surface area contributed by atoms with Gasteiger partial charge in [-0.15, -0.1) is 12.4 Å². The first-order valence-corrected chi connectivity index (χ1v) is 15.9. The maximum absolute atomic E-state index is 14.0. The molecule has 0 spiro atoms. The van der Waals surface area contributed by atoms with E-state index >= 15 is 0 Å². The molecule has 3 atom stereocenters. The molecule has 0 unspecified atom stereocenters. The van der Waals surface area contributed by atoms with Crippen LogP contribution < -0.4 is 10.6 Å². The monoisotopic (exact) mass is 657 g/mol. The number of nitrogens with one attached hydrogen (secondary N) is 2. The summed E-state index contributed by atoms with van der Waals surface area (Å²) in [6.07, 6.45) is 2.50. The SMILES string of the molecule is CCCOC[C@H]1CCCN1C(=O)c1cc(C)cc(C(=O)N[C@@H](Cc2cc(F)cc(F)c2)[C@H](O)CNCc2cccc(CC)c2)c1.Cl. The Morgan fingerprint density at radius 2 is 1.72 bits per heavy atom. The number of ether oxygens (including phenoxy) is 1. The zero-order valence-corrected chi connectivity index (χ0v) is 27.7. The van der Waals surface area contributed by atoms with Crippen LogP contribution in [-0.4, -0.2) is 66.3 Å². The average molecular weight is 658 g/mol. The Hall–Kier alpha value is -3.37. The summed E-state index contributed by atoms with van der Waals surface area (Å²) >= 11 is 0. The van der Waals surface area contributed by atoms with Gasteiger partial charge in [0, 0.05) is 43.4 Å². The molecule has 0 saturated carbocycles.